The molecule has 0 saturated heterocycles. The lowest BCUT2D eigenvalue weighted by Gasteiger charge is -2.33. The minimum Gasteiger partial charge on any atom is -0.328 e. The van der Waals surface area contributed by atoms with Crippen molar-refractivity contribution in [3.63, 3.8) is 0 Å². The number of alkyl halides is 2. The minimum absolute atomic E-state index is 0.0337. The lowest BCUT2D eigenvalue weighted by Crippen LogP contribution is -2.35. The van der Waals surface area contributed by atoms with Crippen molar-refractivity contribution in [2.75, 3.05) is 6.61 Å². The van der Waals surface area contributed by atoms with Crippen molar-refractivity contribution in [3.05, 3.63) is 0 Å². The van der Waals surface area contributed by atoms with E-state index in [1.54, 1.807) is 0 Å². The van der Waals surface area contributed by atoms with Crippen molar-refractivity contribution >= 4 is 40.5 Å². The molecule has 1 unspecified atom stereocenters. The van der Waals surface area contributed by atoms with Gasteiger partial charge in [-0.05, 0) is 24.7 Å². The van der Waals surface area contributed by atoms with Crippen LogP contribution in [-0.2, 0) is 4.52 Å². The third-order valence-electron chi connectivity index (χ3n) is 4.65. The second-order valence-corrected chi connectivity index (χ2v) is 11.5. The average molecular weight is 506 g/mol. The zero-order valence-corrected chi connectivity index (χ0v) is 20.6. The van der Waals surface area contributed by atoms with Gasteiger partial charge in [-0.15, -0.1) is 0 Å². The summed E-state index contributed by atoms with van der Waals surface area (Å²) < 4.78 is 5.03. The summed E-state index contributed by atoms with van der Waals surface area (Å²) in [7, 11) is -2.28. The highest BCUT2D eigenvalue weighted by atomic mass is 79.9. The normalized spacial score (nSPS) is 14.0. The van der Waals surface area contributed by atoms with E-state index in [1.165, 1.54) is 51.4 Å². The average Bonchev–Trinajstić information content (AvgIpc) is 2.51. The molecule has 1 atom stereocenters. The topological polar surface area (TPSA) is 49.7 Å². The van der Waals surface area contributed by atoms with Crippen molar-refractivity contribution in [2.24, 2.45) is 11.8 Å². The van der Waals surface area contributed by atoms with Crippen LogP contribution in [0.1, 0.15) is 91.9 Å². The number of hydrogen-bond acceptors (Lipinski definition) is 3. The minimum atomic E-state index is -2.28. The highest BCUT2D eigenvalue weighted by Crippen LogP contribution is 2.40. The van der Waals surface area contributed by atoms with Crippen LogP contribution < -0.4 is 0 Å². The number of rotatable bonds is 16. The zero-order valence-electron chi connectivity index (χ0n) is 16.5. The Morgan fingerprint density at radius 1 is 0.840 bits per heavy atom. The first-order chi connectivity index (χ1) is 11.7. The molecule has 0 aromatic carbocycles. The van der Waals surface area contributed by atoms with Gasteiger partial charge >= 0.3 is 8.60 Å². The van der Waals surface area contributed by atoms with Crippen LogP contribution in [0.15, 0.2) is 0 Å². The molecule has 6 heteroatoms. The molecule has 0 aliphatic carbocycles. The maximum atomic E-state index is 9.03. The van der Waals surface area contributed by atoms with Gasteiger partial charge in [-0.3, -0.25) is 0 Å². The molecular formula is C19H39Br2O3P. The van der Waals surface area contributed by atoms with Crippen LogP contribution in [0, 0.1) is 11.8 Å². The Labute approximate surface area is 174 Å². The van der Waals surface area contributed by atoms with Gasteiger partial charge in [-0.1, -0.05) is 111 Å². The Balaban J connectivity index is 4.36. The molecule has 0 aromatic rings. The number of hydrogen-bond donors (Lipinski definition) is 2. The molecule has 3 nitrogen and oxygen atoms in total. The highest BCUT2D eigenvalue weighted by Gasteiger charge is 2.34. The lowest BCUT2D eigenvalue weighted by molar-refractivity contribution is 0.241. The first-order valence-electron chi connectivity index (χ1n) is 9.81. The van der Waals surface area contributed by atoms with Gasteiger partial charge < -0.3 is 14.3 Å². The largest absolute Gasteiger partial charge is 0.328 e. The molecule has 0 spiro atoms. The Hall–Kier alpha value is 1.27. The summed E-state index contributed by atoms with van der Waals surface area (Å²) in [6, 6.07) is 0. The molecule has 0 aliphatic heterocycles. The molecule has 0 amide bonds. The van der Waals surface area contributed by atoms with Crippen LogP contribution in [0.2, 0.25) is 0 Å². The summed E-state index contributed by atoms with van der Waals surface area (Å²) in [5.41, 5.74) is 0. The Bertz CT molecular complexity index is 297. The molecule has 152 valence electrons. The Morgan fingerprint density at radius 3 is 1.64 bits per heavy atom. The lowest BCUT2D eigenvalue weighted by atomic mass is 9.91. The van der Waals surface area contributed by atoms with Crippen LogP contribution in [0.25, 0.3) is 0 Å². The third-order valence-corrected chi connectivity index (χ3v) is 8.13. The van der Waals surface area contributed by atoms with Crippen LogP contribution >= 0.6 is 40.5 Å². The standard InChI is InChI=1S/C19H39Br2O3P/c1-16(2)11-7-5-9-13-19(21,18(20)15-24-25(22)23)14-10-6-8-12-17(3)4/h16-18,22-23H,5-15H2,1-4H3. The Morgan fingerprint density at radius 2 is 1.28 bits per heavy atom. The second-order valence-electron chi connectivity index (χ2n) is 8.04. The van der Waals surface area contributed by atoms with Gasteiger partial charge in [-0.2, -0.15) is 0 Å². The molecule has 2 N–H and O–H groups in total. The van der Waals surface area contributed by atoms with Crippen LogP contribution in [0.5, 0.6) is 0 Å². The predicted molar refractivity (Wildman–Crippen MR) is 118 cm³/mol. The summed E-state index contributed by atoms with van der Waals surface area (Å²) in [4.78, 5) is 18.1. The number of halogens is 2. The van der Waals surface area contributed by atoms with Crippen molar-refractivity contribution in [1.82, 2.24) is 0 Å². The van der Waals surface area contributed by atoms with Crippen molar-refractivity contribution in [2.45, 2.75) is 101 Å². The van der Waals surface area contributed by atoms with Gasteiger partial charge in [0.25, 0.3) is 0 Å². The van der Waals surface area contributed by atoms with E-state index in [-0.39, 0.29) is 9.15 Å². The summed E-state index contributed by atoms with van der Waals surface area (Å²) in [6.07, 6.45) is 12.2. The molecule has 0 rings (SSSR count). The van der Waals surface area contributed by atoms with Crippen molar-refractivity contribution < 1.29 is 14.3 Å². The fourth-order valence-electron chi connectivity index (χ4n) is 3.02. The quantitative estimate of drug-likeness (QED) is 0.131. The summed E-state index contributed by atoms with van der Waals surface area (Å²) in [5.74, 6) is 1.56. The van der Waals surface area contributed by atoms with Crippen LogP contribution in [0.4, 0.5) is 0 Å². The van der Waals surface area contributed by atoms with Gasteiger partial charge in [0, 0.05) is 4.32 Å². The van der Waals surface area contributed by atoms with Gasteiger partial charge in [-0.25, -0.2) is 0 Å². The fraction of sp³-hybridized carbons (Fsp3) is 1.00. The summed E-state index contributed by atoms with van der Waals surface area (Å²) >= 11 is 7.71. The summed E-state index contributed by atoms with van der Waals surface area (Å²) in [6.45, 7) is 9.43. The summed E-state index contributed by atoms with van der Waals surface area (Å²) in [5, 5.41) is 0. The number of unbranched alkanes of at least 4 members (excludes halogenated alkanes) is 4. The van der Waals surface area contributed by atoms with Gasteiger partial charge in [0.1, 0.15) is 0 Å². The molecule has 0 heterocycles. The SMILES string of the molecule is CC(C)CCCCCC(Br)(CCCCCC(C)C)C(Br)COP(O)O. The van der Waals surface area contributed by atoms with E-state index in [2.05, 4.69) is 59.6 Å². The van der Waals surface area contributed by atoms with E-state index < -0.39 is 8.60 Å². The third kappa shape index (κ3) is 14.9. The first kappa shape index (κ1) is 26.3. The van der Waals surface area contributed by atoms with E-state index in [4.69, 9.17) is 14.3 Å². The maximum absolute atomic E-state index is 9.03. The molecule has 0 fully saturated rings. The maximum Gasteiger partial charge on any atom is 0.327 e. The van der Waals surface area contributed by atoms with Crippen molar-refractivity contribution in [1.29, 1.82) is 0 Å². The molecular weight excluding hydrogens is 467 g/mol. The molecule has 0 bridgehead atoms. The van der Waals surface area contributed by atoms with Crippen LogP contribution in [-0.4, -0.2) is 25.5 Å². The monoisotopic (exact) mass is 504 g/mol. The van der Waals surface area contributed by atoms with E-state index in [9.17, 15) is 0 Å². The fourth-order valence-corrected chi connectivity index (χ4v) is 4.79. The Kier molecular flexibility index (Phi) is 16.0. The van der Waals surface area contributed by atoms with Crippen LogP contribution in [0.3, 0.4) is 0 Å². The van der Waals surface area contributed by atoms with E-state index >= 15 is 0 Å². The molecule has 25 heavy (non-hydrogen) atoms. The zero-order chi connectivity index (χ0) is 19.3. The van der Waals surface area contributed by atoms with E-state index in [1.807, 2.05) is 0 Å². The molecule has 0 radical (unpaired) electrons. The van der Waals surface area contributed by atoms with Gasteiger partial charge in [0.05, 0.1) is 11.4 Å². The van der Waals surface area contributed by atoms with E-state index in [0.717, 1.165) is 24.7 Å². The first-order valence-corrected chi connectivity index (χ1v) is 12.7. The van der Waals surface area contributed by atoms with E-state index in [0.29, 0.717) is 6.61 Å². The highest BCUT2D eigenvalue weighted by molar-refractivity contribution is 9.12. The molecule has 0 aliphatic rings. The smallest absolute Gasteiger partial charge is 0.327 e. The molecule has 0 saturated carbocycles. The van der Waals surface area contributed by atoms with Gasteiger partial charge in [0.15, 0.2) is 0 Å². The van der Waals surface area contributed by atoms with Crippen molar-refractivity contribution in [3.8, 4) is 0 Å². The van der Waals surface area contributed by atoms with Gasteiger partial charge in [0.2, 0.25) is 0 Å². The predicted octanol–water partition coefficient (Wildman–Crippen LogP) is 7.32. The molecule has 0 aromatic heterocycles. The second kappa shape index (κ2) is 15.2.